The molecule has 0 spiro atoms. The minimum atomic E-state index is 0.631. The van der Waals surface area contributed by atoms with Crippen LogP contribution >= 0.6 is 0 Å². The van der Waals surface area contributed by atoms with Crippen LogP contribution in [0.2, 0.25) is 0 Å². The SMILES string of the molecule is COc1cc(C)cc(C)c1Cc1nc2ccc(C#N)cc2[nH]1. The predicted molar refractivity (Wildman–Crippen MR) is 86.1 cm³/mol. The van der Waals surface area contributed by atoms with Gasteiger partial charge in [-0.25, -0.2) is 4.98 Å². The molecular formula is C18H17N3O. The second-order valence-electron chi connectivity index (χ2n) is 5.47. The Morgan fingerprint density at radius 2 is 2.05 bits per heavy atom. The van der Waals surface area contributed by atoms with Gasteiger partial charge in [-0.3, -0.25) is 0 Å². The largest absolute Gasteiger partial charge is 0.496 e. The summed E-state index contributed by atoms with van der Waals surface area (Å²) in [6.45, 7) is 4.14. The molecule has 22 heavy (non-hydrogen) atoms. The zero-order valence-corrected chi connectivity index (χ0v) is 12.9. The highest BCUT2D eigenvalue weighted by Gasteiger charge is 2.11. The molecule has 1 N–H and O–H groups in total. The van der Waals surface area contributed by atoms with E-state index in [1.807, 2.05) is 18.2 Å². The number of H-pyrrole nitrogens is 1. The number of imidazole rings is 1. The molecule has 0 amide bonds. The molecule has 0 saturated heterocycles. The molecule has 4 nitrogen and oxygen atoms in total. The van der Waals surface area contributed by atoms with Crippen molar-refractivity contribution in [1.29, 1.82) is 5.26 Å². The van der Waals surface area contributed by atoms with E-state index in [0.717, 1.165) is 28.2 Å². The number of nitrogens with one attached hydrogen (secondary N) is 1. The molecule has 0 bridgehead atoms. The normalized spacial score (nSPS) is 10.6. The molecular weight excluding hydrogens is 274 g/mol. The van der Waals surface area contributed by atoms with E-state index in [9.17, 15) is 0 Å². The minimum Gasteiger partial charge on any atom is -0.496 e. The lowest BCUT2D eigenvalue weighted by Gasteiger charge is -2.11. The molecule has 2 aromatic carbocycles. The highest BCUT2D eigenvalue weighted by Crippen LogP contribution is 2.27. The third-order valence-electron chi connectivity index (χ3n) is 3.80. The monoisotopic (exact) mass is 291 g/mol. The van der Waals surface area contributed by atoms with Gasteiger partial charge in [-0.1, -0.05) is 6.07 Å². The number of aryl methyl sites for hydroxylation is 2. The molecule has 0 aliphatic carbocycles. The van der Waals surface area contributed by atoms with Crippen LogP contribution in [0.25, 0.3) is 11.0 Å². The third-order valence-corrected chi connectivity index (χ3v) is 3.80. The van der Waals surface area contributed by atoms with Crippen molar-refractivity contribution in [2.75, 3.05) is 7.11 Å². The quantitative estimate of drug-likeness (QED) is 0.801. The molecule has 1 aromatic heterocycles. The van der Waals surface area contributed by atoms with Crippen molar-refractivity contribution in [3.05, 3.63) is 58.4 Å². The minimum absolute atomic E-state index is 0.631. The van der Waals surface area contributed by atoms with E-state index in [0.29, 0.717) is 12.0 Å². The van der Waals surface area contributed by atoms with Crippen LogP contribution in [0.4, 0.5) is 0 Å². The van der Waals surface area contributed by atoms with Crippen LogP contribution in [0.1, 0.15) is 28.1 Å². The van der Waals surface area contributed by atoms with Gasteiger partial charge in [0.1, 0.15) is 11.6 Å². The van der Waals surface area contributed by atoms with Gasteiger partial charge in [0.15, 0.2) is 0 Å². The van der Waals surface area contributed by atoms with Gasteiger partial charge in [-0.2, -0.15) is 5.26 Å². The highest BCUT2D eigenvalue weighted by atomic mass is 16.5. The van der Waals surface area contributed by atoms with Gasteiger partial charge < -0.3 is 9.72 Å². The number of nitriles is 1. The van der Waals surface area contributed by atoms with E-state index in [2.05, 4.69) is 36.0 Å². The number of benzene rings is 2. The fraction of sp³-hybridized carbons (Fsp3) is 0.222. The van der Waals surface area contributed by atoms with E-state index in [1.165, 1.54) is 11.1 Å². The van der Waals surface area contributed by atoms with Crippen molar-refractivity contribution in [1.82, 2.24) is 9.97 Å². The second-order valence-corrected chi connectivity index (χ2v) is 5.47. The summed E-state index contributed by atoms with van der Waals surface area (Å²) in [6.07, 6.45) is 0.672. The average Bonchev–Trinajstić information content (AvgIpc) is 2.90. The van der Waals surface area contributed by atoms with Crippen LogP contribution in [-0.2, 0) is 6.42 Å². The van der Waals surface area contributed by atoms with Crippen LogP contribution in [-0.4, -0.2) is 17.1 Å². The summed E-state index contributed by atoms with van der Waals surface area (Å²) in [5.74, 6) is 1.76. The van der Waals surface area contributed by atoms with Gasteiger partial charge in [0.05, 0.1) is 29.8 Å². The Kier molecular flexibility index (Phi) is 3.56. The molecule has 0 radical (unpaired) electrons. The fourth-order valence-corrected chi connectivity index (χ4v) is 2.75. The number of aromatic nitrogens is 2. The van der Waals surface area contributed by atoms with E-state index < -0.39 is 0 Å². The number of rotatable bonds is 3. The fourth-order valence-electron chi connectivity index (χ4n) is 2.75. The van der Waals surface area contributed by atoms with Gasteiger partial charge in [-0.05, 0) is 49.2 Å². The molecule has 1 heterocycles. The van der Waals surface area contributed by atoms with Crippen LogP contribution < -0.4 is 4.74 Å². The lowest BCUT2D eigenvalue weighted by Crippen LogP contribution is -1.99. The summed E-state index contributed by atoms with van der Waals surface area (Å²) >= 11 is 0. The second kappa shape index (κ2) is 5.53. The lowest BCUT2D eigenvalue weighted by molar-refractivity contribution is 0.409. The summed E-state index contributed by atoms with van der Waals surface area (Å²) in [5.41, 5.74) is 5.89. The van der Waals surface area contributed by atoms with Crippen molar-refractivity contribution < 1.29 is 4.74 Å². The van der Waals surface area contributed by atoms with E-state index in [-0.39, 0.29) is 0 Å². The van der Waals surface area contributed by atoms with Crippen molar-refractivity contribution in [2.45, 2.75) is 20.3 Å². The average molecular weight is 291 g/mol. The number of hydrogen-bond donors (Lipinski definition) is 1. The Balaban J connectivity index is 2.02. The van der Waals surface area contributed by atoms with Crippen molar-refractivity contribution >= 4 is 11.0 Å². The summed E-state index contributed by atoms with van der Waals surface area (Å²) < 4.78 is 5.51. The standard InChI is InChI=1S/C18H17N3O/c1-11-6-12(2)14(17(7-11)22-3)9-18-20-15-5-4-13(10-19)8-16(15)21-18/h4-8H,9H2,1-3H3,(H,20,21). The number of fused-ring (bicyclic) bond motifs is 1. The van der Waals surface area contributed by atoms with Crippen molar-refractivity contribution in [2.24, 2.45) is 0 Å². The molecule has 4 heteroatoms. The summed E-state index contributed by atoms with van der Waals surface area (Å²) in [4.78, 5) is 7.90. The topological polar surface area (TPSA) is 61.7 Å². The Hall–Kier alpha value is -2.80. The van der Waals surface area contributed by atoms with Crippen LogP contribution in [0.3, 0.4) is 0 Å². The summed E-state index contributed by atoms with van der Waals surface area (Å²) in [6, 6.07) is 11.8. The van der Waals surface area contributed by atoms with Crippen LogP contribution in [0, 0.1) is 25.2 Å². The van der Waals surface area contributed by atoms with Gasteiger partial charge in [0.2, 0.25) is 0 Å². The number of methoxy groups -OCH3 is 1. The number of ether oxygens (including phenoxy) is 1. The molecule has 0 atom stereocenters. The van der Waals surface area contributed by atoms with Crippen LogP contribution in [0.5, 0.6) is 5.75 Å². The molecule has 0 unspecified atom stereocenters. The van der Waals surface area contributed by atoms with Gasteiger partial charge in [0.25, 0.3) is 0 Å². The third kappa shape index (κ3) is 2.53. The first kappa shape index (κ1) is 14.2. The number of nitrogens with zero attached hydrogens (tertiary/aromatic N) is 2. The smallest absolute Gasteiger partial charge is 0.123 e. The molecule has 3 rings (SSSR count). The molecule has 3 aromatic rings. The summed E-state index contributed by atoms with van der Waals surface area (Å²) in [5, 5.41) is 8.97. The first-order chi connectivity index (χ1) is 10.6. The van der Waals surface area contributed by atoms with Gasteiger partial charge in [-0.15, -0.1) is 0 Å². The lowest BCUT2D eigenvalue weighted by atomic mass is 10.0. The molecule has 0 fully saturated rings. The van der Waals surface area contributed by atoms with Crippen LogP contribution in [0.15, 0.2) is 30.3 Å². The molecule has 110 valence electrons. The Labute approximate surface area is 129 Å². The van der Waals surface area contributed by atoms with Crippen molar-refractivity contribution in [3.63, 3.8) is 0 Å². The Bertz CT molecular complexity index is 887. The Morgan fingerprint density at radius 3 is 2.77 bits per heavy atom. The number of hydrogen-bond acceptors (Lipinski definition) is 3. The van der Waals surface area contributed by atoms with Gasteiger partial charge in [0, 0.05) is 12.0 Å². The van der Waals surface area contributed by atoms with Gasteiger partial charge >= 0.3 is 0 Å². The number of aromatic amines is 1. The predicted octanol–water partition coefficient (Wildman–Crippen LogP) is 3.65. The molecule has 0 aliphatic heterocycles. The maximum absolute atomic E-state index is 8.97. The first-order valence-electron chi connectivity index (χ1n) is 7.13. The maximum Gasteiger partial charge on any atom is 0.123 e. The van der Waals surface area contributed by atoms with E-state index >= 15 is 0 Å². The van der Waals surface area contributed by atoms with E-state index in [1.54, 1.807) is 13.2 Å². The molecule has 0 aliphatic rings. The van der Waals surface area contributed by atoms with Crippen molar-refractivity contribution in [3.8, 4) is 11.8 Å². The molecule has 0 saturated carbocycles. The van der Waals surface area contributed by atoms with E-state index in [4.69, 9.17) is 10.00 Å². The first-order valence-corrected chi connectivity index (χ1v) is 7.13. The maximum atomic E-state index is 8.97. The zero-order chi connectivity index (χ0) is 15.7. The Morgan fingerprint density at radius 1 is 1.23 bits per heavy atom. The zero-order valence-electron chi connectivity index (χ0n) is 12.9. The summed E-state index contributed by atoms with van der Waals surface area (Å²) in [7, 11) is 1.69. The highest BCUT2D eigenvalue weighted by molar-refractivity contribution is 5.76.